The van der Waals surface area contributed by atoms with Crippen molar-refractivity contribution in [1.29, 1.82) is 0 Å². The second-order valence-corrected chi connectivity index (χ2v) is 6.50. The Morgan fingerprint density at radius 2 is 1.81 bits per heavy atom. The molecule has 110 valence electrons. The van der Waals surface area contributed by atoms with E-state index in [0.29, 0.717) is 11.1 Å². The maximum atomic E-state index is 6.20. The molecule has 1 aliphatic rings. The van der Waals surface area contributed by atoms with Gasteiger partial charge in [0, 0.05) is 18.0 Å². The summed E-state index contributed by atoms with van der Waals surface area (Å²) in [6, 6.07) is 8.48. The van der Waals surface area contributed by atoms with Crippen molar-refractivity contribution in [1.82, 2.24) is 9.97 Å². The average molecular weight is 301 g/mol. The monoisotopic (exact) mass is 300 g/mol. The zero-order chi connectivity index (χ0) is 14.8. The van der Waals surface area contributed by atoms with Gasteiger partial charge >= 0.3 is 0 Å². The van der Waals surface area contributed by atoms with Gasteiger partial charge in [-0.05, 0) is 49.4 Å². The zero-order valence-electron chi connectivity index (χ0n) is 12.7. The molecule has 1 heterocycles. The highest BCUT2D eigenvalue weighted by Gasteiger charge is 2.19. The van der Waals surface area contributed by atoms with E-state index < -0.39 is 0 Å². The fraction of sp³-hybridized carbons (Fsp3) is 0.444. The van der Waals surface area contributed by atoms with Crippen molar-refractivity contribution in [3.05, 3.63) is 57.6 Å². The van der Waals surface area contributed by atoms with Gasteiger partial charge in [-0.3, -0.25) is 0 Å². The van der Waals surface area contributed by atoms with E-state index in [1.807, 2.05) is 6.07 Å². The molecular weight excluding hydrogens is 280 g/mol. The highest BCUT2D eigenvalue weighted by molar-refractivity contribution is 6.29. The van der Waals surface area contributed by atoms with Crippen molar-refractivity contribution in [2.45, 2.75) is 51.9 Å². The van der Waals surface area contributed by atoms with Gasteiger partial charge in [0.25, 0.3) is 0 Å². The van der Waals surface area contributed by atoms with Crippen molar-refractivity contribution in [2.24, 2.45) is 0 Å². The second-order valence-electron chi connectivity index (χ2n) is 6.11. The van der Waals surface area contributed by atoms with E-state index in [0.717, 1.165) is 17.9 Å². The van der Waals surface area contributed by atoms with Crippen LogP contribution in [0.1, 0.15) is 59.8 Å². The van der Waals surface area contributed by atoms with E-state index in [9.17, 15) is 0 Å². The second kappa shape index (κ2) is 6.15. The van der Waals surface area contributed by atoms with Crippen molar-refractivity contribution < 1.29 is 0 Å². The third kappa shape index (κ3) is 3.44. The summed E-state index contributed by atoms with van der Waals surface area (Å²) in [4.78, 5) is 9.17. The lowest BCUT2D eigenvalue weighted by Gasteiger charge is -2.11. The van der Waals surface area contributed by atoms with Gasteiger partial charge < -0.3 is 0 Å². The fourth-order valence-electron chi connectivity index (χ4n) is 3.09. The summed E-state index contributed by atoms with van der Waals surface area (Å²) >= 11 is 6.20. The van der Waals surface area contributed by atoms with Crippen LogP contribution in [-0.2, 0) is 6.42 Å². The summed E-state index contributed by atoms with van der Waals surface area (Å²) in [6.45, 7) is 4.27. The smallest absolute Gasteiger partial charge is 0.134 e. The minimum absolute atomic E-state index is 0.573. The summed E-state index contributed by atoms with van der Waals surface area (Å²) in [6.07, 6.45) is 5.83. The molecule has 0 radical (unpaired) electrons. The third-order valence-corrected chi connectivity index (χ3v) is 4.66. The SMILES string of the molecule is Cc1ccc(Cc2nc(Cl)cc(C3CCCC3)n2)cc1C. The summed E-state index contributed by atoms with van der Waals surface area (Å²) in [5, 5.41) is 0.575. The van der Waals surface area contributed by atoms with E-state index in [4.69, 9.17) is 16.6 Å². The van der Waals surface area contributed by atoms with Crippen LogP contribution in [-0.4, -0.2) is 9.97 Å². The first kappa shape index (κ1) is 14.5. The summed E-state index contributed by atoms with van der Waals surface area (Å²) in [5.74, 6) is 1.41. The van der Waals surface area contributed by atoms with Gasteiger partial charge in [-0.1, -0.05) is 42.6 Å². The first-order valence-electron chi connectivity index (χ1n) is 7.71. The largest absolute Gasteiger partial charge is 0.237 e. The van der Waals surface area contributed by atoms with Crippen molar-refractivity contribution in [3.63, 3.8) is 0 Å². The van der Waals surface area contributed by atoms with Crippen LogP contribution in [0.5, 0.6) is 0 Å². The van der Waals surface area contributed by atoms with E-state index in [1.165, 1.54) is 42.4 Å². The Balaban J connectivity index is 1.85. The predicted molar refractivity (Wildman–Crippen MR) is 87.0 cm³/mol. The number of aryl methyl sites for hydroxylation is 2. The van der Waals surface area contributed by atoms with Crippen LogP contribution in [0.4, 0.5) is 0 Å². The van der Waals surface area contributed by atoms with Gasteiger partial charge in [0.1, 0.15) is 11.0 Å². The molecule has 0 aliphatic heterocycles. The van der Waals surface area contributed by atoms with Crippen LogP contribution < -0.4 is 0 Å². The molecule has 2 nitrogen and oxygen atoms in total. The van der Waals surface area contributed by atoms with Crippen LogP contribution in [0.15, 0.2) is 24.3 Å². The molecule has 0 saturated heterocycles. The predicted octanol–water partition coefficient (Wildman–Crippen LogP) is 5.00. The van der Waals surface area contributed by atoms with Crippen molar-refractivity contribution in [3.8, 4) is 0 Å². The Morgan fingerprint density at radius 3 is 2.52 bits per heavy atom. The molecule has 2 aromatic rings. The van der Waals surface area contributed by atoms with Crippen LogP contribution >= 0.6 is 11.6 Å². The Labute approximate surface area is 131 Å². The Hall–Kier alpha value is -1.41. The van der Waals surface area contributed by atoms with Gasteiger partial charge in [0.15, 0.2) is 0 Å². The number of halogens is 1. The number of benzene rings is 1. The lowest BCUT2D eigenvalue weighted by Crippen LogP contribution is -2.04. The van der Waals surface area contributed by atoms with Gasteiger partial charge in [-0.15, -0.1) is 0 Å². The standard InChI is InChI=1S/C18H21ClN2/c1-12-7-8-14(9-13(12)2)10-18-20-16(11-17(19)21-18)15-5-3-4-6-15/h7-9,11,15H,3-6,10H2,1-2H3. The van der Waals surface area contributed by atoms with Crippen molar-refractivity contribution in [2.75, 3.05) is 0 Å². The molecule has 0 N–H and O–H groups in total. The molecule has 1 aliphatic carbocycles. The zero-order valence-corrected chi connectivity index (χ0v) is 13.5. The summed E-state index contributed by atoms with van der Waals surface area (Å²) in [5.41, 5.74) is 5.01. The number of aromatic nitrogens is 2. The van der Waals surface area contributed by atoms with Crippen LogP contribution in [0.2, 0.25) is 5.15 Å². The average Bonchev–Trinajstić information content (AvgIpc) is 2.96. The molecule has 0 bridgehead atoms. The van der Waals surface area contributed by atoms with Gasteiger partial charge in [-0.2, -0.15) is 0 Å². The Bertz CT molecular complexity index is 646. The fourth-order valence-corrected chi connectivity index (χ4v) is 3.30. The van der Waals surface area contributed by atoms with Gasteiger partial charge in [0.2, 0.25) is 0 Å². The molecule has 1 fully saturated rings. The molecule has 0 amide bonds. The maximum absolute atomic E-state index is 6.20. The number of hydrogen-bond acceptors (Lipinski definition) is 2. The van der Waals surface area contributed by atoms with E-state index in [-0.39, 0.29) is 0 Å². The lowest BCUT2D eigenvalue weighted by atomic mass is 10.0. The molecule has 1 aromatic carbocycles. The summed E-state index contributed by atoms with van der Waals surface area (Å²) in [7, 11) is 0. The van der Waals surface area contributed by atoms with E-state index in [2.05, 4.69) is 37.0 Å². The molecule has 1 saturated carbocycles. The highest BCUT2D eigenvalue weighted by Crippen LogP contribution is 2.33. The number of rotatable bonds is 3. The quantitative estimate of drug-likeness (QED) is 0.746. The van der Waals surface area contributed by atoms with Crippen LogP contribution in [0, 0.1) is 13.8 Å². The molecule has 3 rings (SSSR count). The molecule has 3 heteroatoms. The first-order valence-corrected chi connectivity index (χ1v) is 8.09. The molecule has 0 atom stereocenters. The Morgan fingerprint density at radius 1 is 1.05 bits per heavy atom. The van der Waals surface area contributed by atoms with Crippen LogP contribution in [0.25, 0.3) is 0 Å². The number of nitrogens with zero attached hydrogens (tertiary/aromatic N) is 2. The molecule has 0 unspecified atom stereocenters. The van der Waals surface area contributed by atoms with E-state index in [1.54, 1.807) is 0 Å². The maximum Gasteiger partial charge on any atom is 0.134 e. The Kier molecular flexibility index (Phi) is 4.25. The number of hydrogen-bond donors (Lipinski definition) is 0. The first-order chi connectivity index (χ1) is 10.1. The highest BCUT2D eigenvalue weighted by atomic mass is 35.5. The normalized spacial score (nSPS) is 15.6. The third-order valence-electron chi connectivity index (χ3n) is 4.47. The van der Waals surface area contributed by atoms with Crippen molar-refractivity contribution >= 4 is 11.6 Å². The molecule has 1 aromatic heterocycles. The van der Waals surface area contributed by atoms with E-state index >= 15 is 0 Å². The minimum Gasteiger partial charge on any atom is -0.237 e. The van der Waals surface area contributed by atoms with Gasteiger partial charge in [-0.25, -0.2) is 9.97 Å². The van der Waals surface area contributed by atoms with Gasteiger partial charge in [0.05, 0.1) is 0 Å². The molecule has 21 heavy (non-hydrogen) atoms. The van der Waals surface area contributed by atoms with Crippen LogP contribution in [0.3, 0.4) is 0 Å². The molecule has 0 spiro atoms. The minimum atomic E-state index is 0.573. The molecular formula is C18H21ClN2. The topological polar surface area (TPSA) is 25.8 Å². The lowest BCUT2D eigenvalue weighted by molar-refractivity contribution is 0.686. The summed E-state index contributed by atoms with van der Waals surface area (Å²) < 4.78 is 0.